The van der Waals surface area contributed by atoms with Crippen LogP contribution in [-0.2, 0) is 4.79 Å². The van der Waals surface area contributed by atoms with Gasteiger partial charge in [-0.15, -0.1) is 0 Å². The van der Waals surface area contributed by atoms with Crippen molar-refractivity contribution < 1.29 is 9.53 Å². The van der Waals surface area contributed by atoms with Crippen molar-refractivity contribution >= 4 is 5.91 Å². The number of ether oxygens (including phenoxy) is 1. The van der Waals surface area contributed by atoms with E-state index in [0.717, 1.165) is 64.2 Å². The van der Waals surface area contributed by atoms with E-state index in [1.165, 1.54) is 0 Å². The number of carbonyl (C=O) groups is 1. The molecule has 1 saturated carbocycles. The molecule has 1 aromatic rings. The summed E-state index contributed by atoms with van der Waals surface area (Å²) in [6, 6.07) is 10.1. The van der Waals surface area contributed by atoms with E-state index in [1.807, 2.05) is 35.2 Å². The second kappa shape index (κ2) is 8.49. The monoisotopic (exact) mass is 331 g/mol. The second-order valence-electron chi connectivity index (χ2n) is 6.95. The molecule has 0 aromatic heterocycles. The predicted octanol–water partition coefficient (Wildman–Crippen LogP) is 1.73. The molecule has 1 aliphatic heterocycles. The number of hydrogen-bond donors (Lipinski definition) is 1. The lowest BCUT2D eigenvalue weighted by molar-refractivity contribution is -0.138. The van der Waals surface area contributed by atoms with Crippen LogP contribution in [0, 0.1) is 5.92 Å². The van der Waals surface area contributed by atoms with Crippen molar-refractivity contribution in [3.8, 4) is 5.75 Å². The lowest BCUT2D eigenvalue weighted by Crippen LogP contribution is -2.51. The van der Waals surface area contributed by atoms with Gasteiger partial charge >= 0.3 is 0 Å². The van der Waals surface area contributed by atoms with Gasteiger partial charge in [-0.2, -0.15) is 0 Å². The highest BCUT2D eigenvalue weighted by Gasteiger charge is 2.30. The SMILES string of the molecule is NC1CCCC(C(=O)N2CCN(CCOc3ccccc3)CC2)C1. The zero-order chi connectivity index (χ0) is 16.8. The average molecular weight is 331 g/mol. The summed E-state index contributed by atoms with van der Waals surface area (Å²) in [5.74, 6) is 1.40. The van der Waals surface area contributed by atoms with Crippen LogP contribution < -0.4 is 10.5 Å². The molecule has 1 heterocycles. The molecule has 1 aliphatic carbocycles. The molecule has 2 N–H and O–H groups in total. The van der Waals surface area contributed by atoms with Crippen molar-refractivity contribution in [3.63, 3.8) is 0 Å². The number of hydrogen-bond acceptors (Lipinski definition) is 4. The molecule has 2 unspecified atom stereocenters. The number of rotatable bonds is 5. The number of carbonyl (C=O) groups excluding carboxylic acids is 1. The predicted molar refractivity (Wildman–Crippen MR) is 94.9 cm³/mol. The summed E-state index contributed by atoms with van der Waals surface area (Å²) in [5.41, 5.74) is 6.02. The van der Waals surface area contributed by atoms with Crippen molar-refractivity contribution in [2.24, 2.45) is 11.7 Å². The van der Waals surface area contributed by atoms with E-state index in [0.29, 0.717) is 12.5 Å². The minimum absolute atomic E-state index is 0.154. The van der Waals surface area contributed by atoms with Gasteiger partial charge in [0.2, 0.25) is 5.91 Å². The molecule has 2 fully saturated rings. The summed E-state index contributed by atoms with van der Waals surface area (Å²) in [6.45, 7) is 5.12. The van der Waals surface area contributed by atoms with Crippen LogP contribution in [0.15, 0.2) is 30.3 Å². The Hall–Kier alpha value is -1.59. The minimum atomic E-state index is 0.154. The van der Waals surface area contributed by atoms with Crippen LogP contribution in [0.4, 0.5) is 0 Å². The molecule has 3 rings (SSSR count). The van der Waals surface area contributed by atoms with E-state index in [-0.39, 0.29) is 12.0 Å². The molecule has 5 nitrogen and oxygen atoms in total. The molecule has 0 bridgehead atoms. The average Bonchev–Trinajstić information content (AvgIpc) is 2.63. The molecule has 2 aliphatic rings. The van der Waals surface area contributed by atoms with Gasteiger partial charge < -0.3 is 15.4 Å². The number of benzene rings is 1. The van der Waals surface area contributed by atoms with Crippen molar-refractivity contribution in [3.05, 3.63) is 30.3 Å². The first-order chi connectivity index (χ1) is 11.7. The standard InChI is InChI=1S/C19H29N3O2/c20-17-6-4-5-16(15-17)19(23)22-11-9-21(10-12-22)13-14-24-18-7-2-1-3-8-18/h1-3,7-8,16-17H,4-6,9-15,20H2. The van der Waals surface area contributed by atoms with Crippen LogP contribution in [0.3, 0.4) is 0 Å². The van der Waals surface area contributed by atoms with Gasteiger partial charge in [-0.05, 0) is 31.4 Å². The summed E-state index contributed by atoms with van der Waals surface area (Å²) >= 11 is 0. The van der Waals surface area contributed by atoms with Gasteiger partial charge in [0.15, 0.2) is 0 Å². The first kappa shape index (κ1) is 17.2. The normalized spacial score (nSPS) is 25.5. The maximum Gasteiger partial charge on any atom is 0.225 e. The fourth-order valence-corrected chi connectivity index (χ4v) is 3.71. The summed E-state index contributed by atoms with van der Waals surface area (Å²) in [5, 5.41) is 0. The zero-order valence-corrected chi connectivity index (χ0v) is 14.4. The molecule has 5 heteroatoms. The zero-order valence-electron chi connectivity index (χ0n) is 14.4. The van der Waals surface area contributed by atoms with Crippen LogP contribution in [-0.4, -0.2) is 61.1 Å². The number of para-hydroxylation sites is 1. The summed E-state index contributed by atoms with van der Waals surface area (Å²) in [6.07, 6.45) is 4.04. The van der Waals surface area contributed by atoms with Crippen LogP contribution in [0.1, 0.15) is 25.7 Å². The molecule has 1 amide bonds. The fraction of sp³-hybridized carbons (Fsp3) is 0.632. The van der Waals surface area contributed by atoms with E-state index in [2.05, 4.69) is 4.90 Å². The van der Waals surface area contributed by atoms with E-state index >= 15 is 0 Å². The smallest absolute Gasteiger partial charge is 0.225 e. The molecule has 1 aromatic carbocycles. The molecule has 0 spiro atoms. The minimum Gasteiger partial charge on any atom is -0.492 e. The summed E-state index contributed by atoms with van der Waals surface area (Å²) in [4.78, 5) is 17.0. The Morgan fingerprint density at radius 1 is 1.12 bits per heavy atom. The molecule has 24 heavy (non-hydrogen) atoms. The first-order valence-electron chi connectivity index (χ1n) is 9.17. The number of nitrogens with zero attached hydrogens (tertiary/aromatic N) is 2. The van der Waals surface area contributed by atoms with Gasteiger partial charge in [0.25, 0.3) is 0 Å². The Morgan fingerprint density at radius 2 is 1.88 bits per heavy atom. The highest BCUT2D eigenvalue weighted by molar-refractivity contribution is 5.79. The largest absolute Gasteiger partial charge is 0.492 e. The van der Waals surface area contributed by atoms with Gasteiger partial charge in [-0.1, -0.05) is 24.6 Å². The van der Waals surface area contributed by atoms with Crippen molar-refractivity contribution in [1.29, 1.82) is 0 Å². The lowest BCUT2D eigenvalue weighted by atomic mass is 9.85. The first-order valence-corrected chi connectivity index (χ1v) is 9.17. The molecule has 0 radical (unpaired) electrons. The van der Waals surface area contributed by atoms with Gasteiger partial charge in [0, 0.05) is 44.7 Å². The Balaban J connectivity index is 1.37. The molecular formula is C19H29N3O2. The molecule has 132 valence electrons. The third kappa shape index (κ3) is 4.71. The van der Waals surface area contributed by atoms with E-state index in [1.54, 1.807) is 0 Å². The summed E-state index contributed by atoms with van der Waals surface area (Å²) < 4.78 is 5.75. The third-order valence-electron chi connectivity index (χ3n) is 5.17. The molecular weight excluding hydrogens is 302 g/mol. The Bertz CT molecular complexity index is 515. The number of nitrogens with two attached hydrogens (primary N) is 1. The van der Waals surface area contributed by atoms with E-state index in [4.69, 9.17) is 10.5 Å². The Kier molecular flexibility index (Phi) is 6.10. The van der Waals surface area contributed by atoms with Gasteiger partial charge in [-0.25, -0.2) is 0 Å². The topological polar surface area (TPSA) is 58.8 Å². The maximum absolute atomic E-state index is 12.6. The Morgan fingerprint density at radius 3 is 2.58 bits per heavy atom. The quantitative estimate of drug-likeness (QED) is 0.893. The van der Waals surface area contributed by atoms with Crippen molar-refractivity contribution in [2.75, 3.05) is 39.3 Å². The highest BCUT2D eigenvalue weighted by Crippen LogP contribution is 2.25. The highest BCUT2D eigenvalue weighted by atomic mass is 16.5. The van der Waals surface area contributed by atoms with E-state index < -0.39 is 0 Å². The number of amides is 1. The van der Waals surface area contributed by atoms with Crippen LogP contribution in [0.5, 0.6) is 5.75 Å². The van der Waals surface area contributed by atoms with Crippen LogP contribution in [0.25, 0.3) is 0 Å². The van der Waals surface area contributed by atoms with Crippen LogP contribution >= 0.6 is 0 Å². The third-order valence-corrected chi connectivity index (χ3v) is 5.17. The van der Waals surface area contributed by atoms with Crippen molar-refractivity contribution in [2.45, 2.75) is 31.7 Å². The Labute approximate surface area is 144 Å². The fourth-order valence-electron chi connectivity index (χ4n) is 3.71. The lowest BCUT2D eigenvalue weighted by Gasteiger charge is -2.37. The van der Waals surface area contributed by atoms with E-state index in [9.17, 15) is 4.79 Å². The van der Waals surface area contributed by atoms with Crippen LogP contribution in [0.2, 0.25) is 0 Å². The number of piperazine rings is 1. The van der Waals surface area contributed by atoms with Crippen molar-refractivity contribution in [1.82, 2.24) is 9.80 Å². The maximum atomic E-state index is 12.6. The molecule has 2 atom stereocenters. The second-order valence-corrected chi connectivity index (χ2v) is 6.95. The van der Waals surface area contributed by atoms with Gasteiger partial charge in [0.05, 0.1) is 0 Å². The molecule has 1 saturated heterocycles. The van der Waals surface area contributed by atoms with Gasteiger partial charge in [0.1, 0.15) is 12.4 Å². The summed E-state index contributed by atoms with van der Waals surface area (Å²) in [7, 11) is 0. The van der Waals surface area contributed by atoms with Gasteiger partial charge in [-0.3, -0.25) is 9.69 Å².